The van der Waals surface area contributed by atoms with Gasteiger partial charge in [0.2, 0.25) is 0 Å². The molecule has 4 rings (SSSR count). The molecule has 2 fully saturated rings. The predicted molar refractivity (Wildman–Crippen MR) is 123 cm³/mol. The van der Waals surface area contributed by atoms with E-state index >= 15 is 0 Å². The molecule has 3 aliphatic rings. The van der Waals surface area contributed by atoms with E-state index in [0.29, 0.717) is 38.3 Å². The minimum Gasteiger partial charge on any atom is -0.462 e. The second kappa shape index (κ2) is 9.39. The highest BCUT2D eigenvalue weighted by Gasteiger charge is 2.33. The minimum atomic E-state index is -0.490. The van der Waals surface area contributed by atoms with Gasteiger partial charge in [0.05, 0.1) is 5.69 Å². The zero-order valence-electron chi connectivity index (χ0n) is 20.2. The zero-order chi connectivity index (χ0) is 22.9. The molecule has 1 N–H and O–H groups in total. The summed E-state index contributed by atoms with van der Waals surface area (Å²) in [6.07, 6.45) is 3.02. The van der Waals surface area contributed by atoms with Crippen molar-refractivity contribution in [2.45, 2.75) is 71.2 Å². The summed E-state index contributed by atoms with van der Waals surface area (Å²) in [7, 11) is 2.15. The van der Waals surface area contributed by atoms with Crippen LogP contribution in [0.15, 0.2) is 0 Å². The normalized spacial score (nSPS) is 24.4. The molecular formula is C23H38N6O3. The fraction of sp³-hybridized carbons (Fsp3) is 0.783. The van der Waals surface area contributed by atoms with Crippen LogP contribution >= 0.6 is 0 Å². The summed E-state index contributed by atoms with van der Waals surface area (Å²) in [6.45, 7) is 13.2. The van der Waals surface area contributed by atoms with E-state index in [2.05, 4.69) is 29.1 Å². The molecule has 178 valence electrons. The van der Waals surface area contributed by atoms with Gasteiger partial charge in [-0.05, 0) is 67.1 Å². The number of hydrogen-bond acceptors (Lipinski definition) is 8. The van der Waals surface area contributed by atoms with Gasteiger partial charge in [-0.1, -0.05) is 0 Å². The van der Waals surface area contributed by atoms with Gasteiger partial charge < -0.3 is 29.5 Å². The van der Waals surface area contributed by atoms with Crippen molar-refractivity contribution in [1.82, 2.24) is 25.1 Å². The van der Waals surface area contributed by atoms with Gasteiger partial charge in [0.1, 0.15) is 18.0 Å². The fourth-order valence-electron chi connectivity index (χ4n) is 4.74. The van der Waals surface area contributed by atoms with E-state index in [-0.39, 0.29) is 12.1 Å². The summed E-state index contributed by atoms with van der Waals surface area (Å²) in [5.74, 6) is 0.961. The highest BCUT2D eigenvalue weighted by molar-refractivity contribution is 5.69. The van der Waals surface area contributed by atoms with E-state index in [1.165, 1.54) is 12.0 Å². The molecule has 0 saturated carbocycles. The average molecular weight is 447 g/mol. The molecule has 3 aliphatic heterocycles. The average Bonchev–Trinajstić information content (AvgIpc) is 3.15. The maximum atomic E-state index is 12.6. The summed E-state index contributed by atoms with van der Waals surface area (Å²) < 4.78 is 11.7. The minimum absolute atomic E-state index is 0.124. The summed E-state index contributed by atoms with van der Waals surface area (Å²) in [6, 6.07) is 1.01. The molecular weight excluding hydrogens is 408 g/mol. The second-order valence-electron chi connectivity index (χ2n) is 10.2. The molecule has 0 aromatic carbocycles. The maximum Gasteiger partial charge on any atom is 0.410 e. The highest BCUT2D eigenvalue weighted by atomic mass is 16.6. The van der Waals surface area contributed by atoms with Crippen molar-refractivity contribution in [1.29, 1.82) is 0 Å². The number of anilines is 1. The lowest BCUT2D eigenvalue weighted by molar-refractivity contribution is 0.0218. The largest absolute Gasteiger partial charge is 0.462 e. The Labute approximate surface area is 191 Å². The molecule has 9 nitrogen and oxygen atoms in total. The Morgan fingerprint density at radius 1 is 1.22 bits per heavy atom. The van der Waals surface area contributed by atoms with Crippen molar-refractivity contribution in [2.24, 2.45) is 0 Å². The Morgan fingerprint density at radius 3 is 2.72 bits per heavy atom. The van der Waals surface area contributed by atoms with E-state index in [1.54, 1.807) is 4.90 Å². The van der Waals surface area contributed by atoms with Crippen LogP contribution in [-0.2, 0) is 17.7 Å². The molecule has 1 aromatic rings. The van der Waals surface area contributed by atoms with Crippen LogP contribution in [0.1, 0.15) is 51.8 Å². The van der Waals surface area contributed by atoms with Gasteiger partial charge in [-0.3, -0.25) is 0 Å². The smallest absolute Gasteiger partial charge is 0.410 e. The molecule has 0 spiro atoms. The Hall–Kier alpha value is -2.13. The van der Waals surface area contributed by atoms with Crippen LogP contribution < -0.4 is 15.0 Å². The SMILES string of the molecule is C[C@H]1CN(C(=O)OC(C)(C)C)CCN1c1nc(OC[C@@H]2CCCN2C)nc2c1CCNC2. The molecule has 1 amide bonds. The number of aromatic nitrogens is 2. The van der Waals surface area contributed by atoms with Crippen LogP contribution in [-0.4, -0.2) is 89.9 Å². The summed E-state index contributed by atoms with van der Waals surface area (Å²) in [5.41, 5.74) is 1.74. The Kier molecular flexibility index (Phi) is 6.76. The van der Waals surface area contributed by atoms with Gasteiger partial charge in [0, 0.05) is 43.8 Å². The standard InChI is InChI=1S/C23H38N6O3/c1-16-14-28(22(30)32-23(2,3)4)11-12-29(16)20-18-8-9-24-13-19(18)25-21(26-20)31-15-17-7-6-10-27(17)5/h16-17,24H,6-15H2,1-5H3/t16-,17-/m0/s1. The third kappa shape index (κ3) is 5.26. The third-order valence-electron chi connectivity index (χ3n) is 6.52. The zero-order valence-corrected chi connectivity index (χ0v) is 20.2. The van der Waals surface area contributed by atoms with E-state index in [9.17, 15) is 4.79 Å². The predicted octanol–water partition coefficient (Wildman–Crippen LogP) is 2.04. The molecule has 0 aliphatic carbocycles. The second-order valence-corrected chi connectivity index (χ2v) is 10.2. The number of piperazine rings is 1. The maximum absolute atomic E-state index is 12.6. The number of hydrogen-bond donors (Lipinski definition) is 1. The molecule has 1 aromatic heterocycles. The number of rotatable bonds is 4. The molecule has 4 heterocycles. The van der Waals surface area contributed by atoms with E-state index in [1.807, 2.05) is 20.8 Å². The molecule has 0 unspecified atom stereocenters. The van der Waals surface area contributed by atoms with Gasteiger partial charge in [-0.25, -0.2) is 4.79 Å². The Morgan fingerprint density at radius 2 is 2.03 bits per heavy atom. The topological polar surface area (TPSA) is 83.1 Å². The molecule has 2 atom stereocenters. The van der Waals surface area contributed by atoms with Crippen molar-refractivity contribution in [3.05, 3.63) is 11.3 Å². The lowest BCUT2D eigenvalue weighted by atomic mass is 10.0. The Bertz CT molecular complexity index is 827. The number of likely N-dealkylation sites (N-methyl/N-ethyl adjacent to an activating group) is 1. The van der Waals surface area contributed by atoms with Crippen LogP contribution in [0.5, 0.6) is 6.01 Å². The first kappa shape index (κ1) is 23.0. The Balaban J connectivity index is 1.50. The van der Waals surface area contributed by atoms with Crippen molar-refractivity contribution >= 4 is 11.9 Å². The number of fused-ring (bicyclic) bond motifs is 1. The summed E-state index contributed by atoms with van der Waals surface area (Å²) >= 11 is 0. The van der Waals surface area contributed by atoms with Crippen molar-refractivity contribution in [3.63, 3.8) is 0 Å². The molecule has 32 heavy (non-hydrogen) atoms. The number of likely N-dealkylation sites (tertiary alicyclic amines) is 1. The summed E-state index contributed by atoms with van der Waals surface area (Å²) in [4.78, 5) is 28.6. The first-order valence-electron chi connectivity index (χ1n) is 11.9. The summed E-state index contributed by atoms with van der Waals surface area (Å²) in [5, 5.41) is 3.42. The third-order valence-corrected chi connectivity index (χ3v) is 6.52. The van der Waals surface area contributed by atoms with Crippen molar-refractivity contribution in [3.8, 4) is 6.01 Å². The number of amides is 1. The number of carbonyl (C=O) groups excluding carboxylic acids is 1. The van der Waals surface area contributed by atoms with Crippen LogP contribution in [0, 0.1) is 0 Å². The molecule has 0 bridgehead atoms. The van der Waals surface area contributed by atoms with Gasteiger partial charge in [-0.2, -0.15) is 9.97 Å². The van der Waals surface area contributed by atoms with Gasteiger partial charge >= 0.3 is 12.1 Å². The van der Waals surface area contributed by atoms with Gasteiger partial charge in [0.15, 0.2) is 0 Å². The first-order chi connectivity index (χ1) is 15.2. The first-order valence-corrected chi connectivity index (χ1v) is 11.9. The quantitative estimate of drug-likeness (QED) is 0.752. The molecule has 2 saturated heterocycles. The molecule has 9 heteroatoms. The highest BCUT2D eigenvalue weighted by Crippen LogP contribution is 2.29. The van der Waals surface area contributed by atoms with Crippen LogP contribution in [0.2, 0.25) is 0 Å². The van der Waals surface area contributed by atoms with E-state index < -0.39 is 5.60 Å². The number of ether oxygens (including phenoxy) is 2. The molecule has 0 radical (unpaired) electrons. The number of carbonyl (C=O) groups is 1. The van der Waals surface area contributed by atoms with E-state index in [0.717, 1.165) is 44.0 Å². The van der Waals surface area contributed by atoms with Crippen molar-refractivity contribution in [2.75, 3.05) is 51.3 Å². The lowest BCUT2D eigenvalue weighted by Gasteiger charge is -2.41. The number of nitrogens with zero attached hydrogens (tertiary/aromatic N) is 5. The number of nitrogens with one attached hydrogen (secondary N) is 1. The van der Waals surface area contributed by atoms with Crippen LogP contribution in [0.4, 0.5) is 10.6 Å². The van der Waals surface area contributed by atoms with Crippen LogP contribution in [0.25, 0.3) is 0 Å². The van der Waals surface area contributed by atoms with Crippen LogP contribution in [0.3, 0.4) is 0 Å². The van der Waals surface area contributed by atoms with Gasteiger partial charge in [-0.15, -0.1) is 0 Å². The fourth-order valence-corrected chi connectivity index (χ4v) is 4.74. The van der Waals surface area contributed by atoms with E-state index in [4.69, 9.17) is 19.4 Å². The van der Waals surface area contributed by atoms with Gasteiger partial charge in [0.25, 0.3) is 0 Å². The monoisotopic (exact) mass is 446 g/mol. The lowest BCUT2D eigenvalue weighted by Crippen LogP contribution is -2.55. The van der Waals surface area contributed by atoms with Crippen molar-refractivity contribution < 1.29 is 14.3 Å².